The zero-order chi connectivity index (χ0) is 26.3. The van der Waals surface area contributed by atoms with Crippen LogP contribution < -0.4 is 5.32 Å². The van der Waals surface area contributed by atoms with Crippen LogP contribution in [0.3, 0.4) is 0 Å². The smallest absolute Gasteiger partial charge is 0.248 e. The molecule has 2 amide bonds. The van der Waals surface area contributed by atoms with Crippen LogP contribution in [0.1, 0.15) is 69.1 Å². The summed E-state index contributed by atoms with van der Waals surface area (Å²) in [5.74, 6) is -0.161. The molecule has 1 aliphatic carbocycles. The summed E-state index contributed by atoms with van der Waals surface area (Å²) in [7, 11) is 0. The standard InChI is InChI=1S/C26H34N8O3/c1-16-20(30-34(29-16)18-8-6-5-7-9-18)13-27-24(36)22-12-19(35)14-32(22)25(37)23(26(2,3)4)33-15-21(28-31-33)17-10-11-17/h5-9,15,17,19,22-23,35H,10-14H2,1-4H3,(H,27,36)/t19?,22?,23-/m1/s1. The van der Waals surface area contributed by atoms with Crippen LogP contribution in [-0.4, -0.2) is 70.5 Å². The summed E-state index contributed by atoms with van der Waals surface area (Å²) in [4.78, 5) is 30.2. The van der Waals surface area contributed by atoms with Crippen LogP contribution in [0.4, 0.5) is 0 Å². The average molecular weight is 507 g/mol. The van der Waals surface area contributed by atoms with Crippen LogP contribution in [-0.2, 0) is 16.1 Å². The lowest BCUT2D eigenvalue weighted by molar-refractivity contribution is -0.144. The van der Waals surface area contributed by atoms with E-state index in [0.29, 0.717) is 17.3 Å². The number of hydrogen-bond acceptors (Lipinski definition) is 7. The van der Waals surface area contributed by atoms with E-state index in [2.05, 4.69) is 25.8 Å². The van der Waals surface area contributed by atoms with Gasteiger partial charge in [-0.3, -0.25) is 9.59 Å². The van der Waals surface area contributed by atoms with Gasteiger partial charge in [-0.15, -0.1) is 5.10 Å². The first-order valence-electron chi connectivity index (χ1n) is 12.8. The first-order chi connectivity index (χ1) is 17.6. The molecule has 5 rings (SSSR count). The molecule has 11 heteroatoms. The fourth-order valence-electron chi connectivity index (χ4n) is 4.86. The Kier molecular flexibility index (Phi) is 6.57. The van der Waals surface area contributed by atoms with Crippen molar-refractivity contribution in [2.45, 2.75) is 77.6 Å². The lowest BCUT2D eigenvalue weighted by atomic mass is 9.85. The number of aliphatic hydroxyl groups is 1. The lowest BCUT2D eigenvalue weighted by Crippen LogP contribution is -2.50. The van der Waals surface area contributed by atoms with E-state index in [4.69, 9.17) is 0 Å². The van der Waals surface area contributed by atoms with E-state index >= 15 is 0 Å². The van der Waals surface area contributed by atoms with Gasteiger partial charge in [0.15, 0.2) is 0 Å². The zero-order valence-electron chi connectivity index (χ0n) is 21.7. The number of aliphatic hydroxyl groups excluding tert-OH is 1. The quantitative estimate of drug-likeness (QED) is 0.500. The molecule has 2 unspecified atom stereocenters. The fraction of sp³-hybridized carbons (Fsp3) is 0.538. The molecule has 1 saturated carbocycles. The molecule has 3 aromatic rings. The normalized spacial score (nSPS) is 20.7. The Morgan fingerprint density at radius 2 is 1.89 bits per heavy atom. The van der Waals surface area contributed by atoms with Crippen molar-refractivity contribution in [1.82, 2.24) is 40.2 Å². The largest absolute Gasteiger partial charge is 0.391 e. The van der Waals surface area contributed by atoms with Crippen LogP contribution in [0.2, 0.25) is 0 Å². The highest BCUT2D eigenvalue weighted by Crippen LogP contribution is 2.40. The molecule has 3 heterocycles. The third-order valence-corrected chi connectivity index (χ3v) is 7.00. The molecule has 1 aliphatic heterocycles. The maximum atomic E-state index is 13.9. The Labute approximate surface area is 215 Å². The first kappa shape index (κ1) is 25.1. The number of para-hydroxylation sites is 1. The Bertz CT molecular complexity index is 1270. The van der Waals surface area contributed by atoms with Crippen LogP contribution in [0.15, 0.2) is 36.5 Å². The summed E-state index contributed by atoms with van der Waals surface area (Å²) in [6, 6.07) is 8.10. The number of carbonyl (C=O) groups is 2. The van der Waals surface area contributed by atoms with Gasteiger partial charge in [0.2, 0.25) is 11.8 Å². The molecule has 2 N–H and O–H groups in total. The first-order valence-corrected chi connectivity index (χ1v) is 12.8. The molecule has 0 spiro atoms. The molecule has 11 nitrogen and oxygen atoms in total. The summed E-state index contributed by atoms with van der Waals surface area (Å²) in [6.07, 6.45) is 3.43. The number of β-amino-alcohol motifs (C(OH)–C–C–N with tert-alkyl or cyclic N) is 1. The number of amides is 2. The van der Waals surface area contributed by atoms with Crippen molar-refractivity contribution in [3.05, 3.63) is 53.6 Å². The van der Waals surface area contributed by atoms with Gasteiger partial charge in [0.05, 0.1) is 29.7 Å². The zero-order valence-corrected chi connectivity index (χ0v) is 21.7. The van der Waals surface area contributed by atoms with Crippen molar-refractivity contribution in [2.24, 2.45) is 5.41 Å². The highest BCUT2D eigenvalue weighted by atomic mass is 16.3. The Balaban J connectivity index is 1.31. The van der Waals surface area contributed by atoms with Gasteiger partial charge in [0.1, 0.15) is 17.8 Å². The van der Waals surface area contributed by atoms with Gasteiger partial charge in [-0.2, -0.15) is 15.0 Å². The lowest BCUT2D eigenvalue weighted by Gasteiger charge is -2.34. The maximum Gasteiger partial charge on any atom is 0.248 e. The molecule has 3 atom stereocenters. The highest BCUT2D eigenvalue weighted by Gasteiger charge is 2.45. The molecule has 2 aromatic heterocycles. The number of hydrogen-bond donors (Lipinski definition) is 2. The maximum absolute atomic E-state index is 13.9. The van der Waals surface area contributed by atoms with Gasteiger partial charge in [0.25, 0.3) is 0 Å². The third kappa shape index (κ3) is 5.27. The van der Waals surface area contributed by atoms with E-state index in [0.717, 1.165) is 24.2 Å². The van der Waals surface area contributed by atoms with Crippen molar-refractivity contribution < 1.29 is 14.7 Å². The van der Waals surface area contributed by atoms with Gasteiger partial charge < -0.3 is 15.3 Å². The van der Waals surface area contributed by atoms with Gasteiger partial charge in [-0.1, -0.05) is 44.2 Å². The molecule has 0 radical (unpaired) electrons. The van der Waals surface area contributed by atoms with Gasteiger partial charge in [-0.05, 0) is 37.3 Å². The Morgan fingerprint density at radius 1 is 1.16 bits per heavy atom. The topological polar surface area (TPSA) is 131 Å². The van der Waals surface area contributed by atoms with Crippen molar-refractivity contribution >= 4 is 11.8 Å². The predicted molar refractivity (Wildman–Crippen MR) is 135 cm³/mol. The fourth-order valence-corrected chi connectivity index (χ4v) is 4.86. The number of nitrogens with zero attached hydrogens (tertiary/aromatic N) is 7. The summed E-state index contributed by atoms with van der Waals surface area (Å²) < 4.78 is 1.63. The molecule has 0 bridgehead atoms. The Hall–Kier alpha value is -3.60. The summed E-state index contributed by atoms with van der Waals surface area (Å²) >= 11 is 0. The average Bonchev–Trinajstić information content (AvgIpc) is 3.27. The predicted octanol–water partition coefficient (Wildman–Crippen LogP) is 1.91. The van der Waals surface area contributed by atoms with E-state index in [9.17, 15) is 14.7 Å². The number of benzene rings is 1. The minimum atomic E-state index is -0.789. The molecule has 196 valence electrons. The second-order valence-corrected chi connectivity index (χ2v) is 11.1. The SMILES string of the molecule is Cc1nn(-c2ccccc2)nc1CNC(=O)C1CC(O)CN1C(=O)[C@@H](n1cc(C2CC2)nn1)C(C)(C)C. The van der Waals surface area contributed by atoms with E-state index < -0.39 is 23.6 Å². The summed E-state index contributed by atoms with van der Waals surface area (Å²) in [6.45, 7) is 8.00. The number of nitrogens with one attached hydrogen (secondary N) is 1. The van der Waals surface area contributed by atoms with Gasteiger partial charge in [0, 0.05) is 25.1 Å². The third-order valence-electron chi connectivity index (χ3n) is 7.00. The number of aromatic nitrogens is 6. The van der Waals surface area contributed by atoms with E-state index in [1.165, 1.54) is 9.70 Å². The van der Waals surface area contributed by atoms with Gasteiger partial charge in [-0.25, -0.2) is 4.68 Å². The van der Waals surface area contributed by atoms with Crippen LogP contribution >= 0.6 is 0 Å². The summed E-state index contributed by atoms with van der Waals surface area (Å²) in [5.41, 5.74) is 2.58. The van der Waals surface area contributed by atoms with Crippen LogP contribution in [0.25, 0.3) is 5.69 Å². The Morgan fingerprint density at radius 3 is 2.57 bits per heavy atom. The molecule has 2 aliphatic rings. The molecule has 2 fully saturated rings. The van der Waals surface area contributed by atoms with Crippen molar-refractivity contribution in [2.75, 3.05) is 6.54 Å². The number of carbonyl (C=O) groups excluding carboxylic acids is 2. The molecular formula is C26H34N8O3. The molecule has 1 aromatic carbocycles. The minimum Gasteiger partial charge on any atom is -0.391 e. The molecule has 37 heavy (non-hydrogen) atoms. The van der Waals surface area contributed by atoms with E-state index in [1.807, 2.05) is 64.2 Å². The van der Waals surface area contributed by atoms with Crippen molar-refractivity contribution in [3.8, 4) is 5.69 Å². The molecular weight excluding hydrogens is 472 g/mol. The second-order valence-electron chi connectivity index (χ2n) is 11.1. The second kappa shape index (κ2) is 9.70. The van der Waals surface area contributed by atoms with E-state index in [1.54, 1.807) is 4.68 Å². The van der Waals surface area contributed by atoms with Gasteiger partial charge >= 0.3 is 0 Å². The monoisotopic (exact) mass is 506 g/mol. The minimum absolute atomic E-state index is 0.0941. The van der Waals surface area contributed by atoms with Crippen molar-refractivity contribution in [3.63, 3.8) is 0 Å². The number of aryl methyl sites for hydroxylation is 1. The summed E-state index contributed by atoms with van der Waals surface area (Å²) in [5, 5.41) is 30.9. The van der Waals surface area contributed by atoms with Crippen molar-refractivity contribution in [1.29, 1.82) is 0 Å². The number of likely N-dealkylation sites (tertiary alicyclic amines) is 1. The highest BCUT2D eigenvalue weighted by molar-refractivity contribution is 5.90. The number of rotatable bonds is 7. The molecule has 1 saturated heterocycles. The van der Waals surface area contributed by atoms with Crippen LogP contribution in [0.5, 0.6) is 0 Å². The van der Waals surface area contributed by atoms with Crippen LogP contribution in [0, 0.1) is 12.3 Å². The van der Waals surface area contributed by atoms with E-state index in [-0.39, 0.29) is 31.3 Å².